The van der Waals surface area contributed by atoms with E-state index in [0.29, 0.717) is 11.5 Å². The molecule has 2 saturated carbocycles. The van der Waals surface area contributed by atoms with Crippen LogP contribution in [-0.4, -0.2) is 12.1 Å². The van der Waals surface area contributed by atoms with E-state index in [-0.39, 0.29) is 12.1 Å². The molecule has 0 aliphatic heterocycles. The zero-order chi connectivity index (χ0) is 10.1. The molecule has 0 aromatic carbocycles. The number of esters is 1. The van der Waals surface area contributed by atoms with Crippen molar-refractivity contribution in [2.45, 2.75) is 45.1 Å². The number of hydrogen-bond donors (Lipinski definition) is 0. The summed E-state index contributed by atoms with van der Waals surface area (Å²) in [5.41, 5.74) is 0.519. The molecule has 0 spiro atoms. The highest BCUT2D eigenvalue weighted by Gasteiger charge is 2.37. The minimum Gasteiger partial charge on any atom is -0.459 e. The molecular formula is C12H18O2. The third-order valence-electron chi connectivity index (χ3n) is 3.57. The topological polar surface area (TPSA) is 26.3 Å². The van der Waals surface area contributed by atoms with Gasteiger partial charge < -0.3 is 4.74 Å². The molecule has 0 heterocycles. The maximum Gasteiger partial charge on any atom is 0.333 e. The quantitative estimate of drug-likeness (QED) is 0.499. The number of hydrogen-bond acceptors (Lipinski definition) is 2. The molecule has 0 aromatic rings. The molecule has 0 saturated heterocycles. The van der Waals surface area contributed by atoms with Crippen LogP contribution in [-0.2, 0) is 9.53 Å². The molecular weight excluding hydrogens is 176 g/mol. The predicted molar refractivity (Wildman–Crippen MR) is 54.8 cm³/mol. The fraction of sp³-hybridized carbons (Fsp3) is 0.750. The van der Waals surface area contributed by atoms with Gasteiger partial charge in [0.2, 0.25) is 0 Å². The predicted octanol–water partition coefficient (Wildman–Crippen LogP) is 2.68. The van der Waals surface area contributed by atoms with Crippen molar-refractivity contribution in [2.24, 2.45) is 11.8 Å². The second kappa shape index (κ2) is 3.76. The third kappa shape index (κ3) is 1.84. The first kappa shape index (κ1) is 9.75. The summed E-state index contributed by atoms with van der Waals surface area (Å²) in [4.78, 5) is 11.4. The van der Waals surface area contributed by atoms with Crippen LogP contribution in [0.5, 0.6) is 0 Å². The van der Waals surface area contributed by atoms with E-state index in [1.54, 1.807) is 6.92 Å². The molecule has 2 bridgehead atoms. The van der Waals surface area contributed by atoms with E-state index in [9.17, 15) is 4.79 Å². The Bertz CT molecular complexity index is 257. The average Bonchev–Trinajstić information content (AvgIpc) is 2.53. The summed E-state index contributed by atoms with van der Waals surface area (Å²) in [5, 5.41) is 0. The number of rotatable bonds is 2. The molecule has 0 aromatic heterocycles. The highest BCUT2D eigenvalue weighted by molar-refractivity contribution is 5.87. The Balaban J connectivity index is 1.92. The van der Waals surface area contributed by atoms with E-state index < -0.39 is 0 Å². The molecule has 14 heavy (non-hydrogen) atoms. The van der Waals surface area contributed by atoms with Crippen LogP contribution in [0.15, 0.2) is 12.2 Å². The van der Waals surface area contributed by atoms with Gasteiger partial charge in [0, 0.05) is 5.57 Å². The van der Waals surface area contributed by atoms with Crippen LogP contribution in [0.3, 0.4) is 0 Å². The first-order chi connectivity index (χ1) is 6.66. The highest BCUT2D eigenvalue weighted by Crippen LogP contribution is 2.43. The lowest BCUT2D eigenvalue weighted by atomic mass is 9.87. The van der Waals surface area contributed by atoms with Crippen LogP contribution in [0, 0.1) is 11.8 Å². The Morgan fingerprint density at radius 2 is 2.00 bits per heavy atom. The maximum absolute atomic E-state index is 11.4. The number of carbonyl (C=O) groups excluding carboxylic acids is 1. The van der Waals surface area contributed by atoms with E-state index >= 15 is 0 Å². The second-order valence-corrected chi connectivity index (χ2v) is 4.74. The van der Waals surface area contributed by atoms with Crippen molar-refractivity contribution < 1.29 is 9.53 Å². The minimum absolute atomic E-state index is 0.179. The summed E-state index contributed by atoms with van der Waals surface area (Å²) in [5.74, 6) is 1.34. The van der Waals surface area contributed by atoms with Gasteiger partial charge in [-0.2, -0.15) is 0 Å². The van der Waals surface area contributed by atoms with Gasteiger partial charge in [0.15, 0.2) is 0 Å². The molecule has 2 fully saturated rings. The molecule has 0 amide bonds. The van der Waals surface area contributed by atoms with Gasteiger partial charge in [-0.15, -0.1) is 0 Å². The van der Waals surface area contributed by atoms with Crippen LogP contribution in [0.1, 0.15) is 39.0 Å². The lowest BCUT2D eigenvalue weighted by Gasteiger charge is -2.28. The molecule has 2 rings (SSSR count). The normalized spacial score (nSPS) is 35.4. The van der Waals surface area contributed by atoms with E-state index in [1.165, 1.54) is 25.7 Å². The van der Waals surface area contributed by atoms with Gasteiger partial charge in [-0.25, -0.2) is 4.79 Å². The summed E-state index contributed by atoms with van der Waals surface area (Å²) >= 11 is 0. The van der Waals surface area contributed by atoms with Gasteiger partial charge in [0.05, 0.1) is 0 Å². The standard InChI is InChI=1S/C12H18O2/c1-8(2)12(13)14-11-6-4-9-3-5-10(11)7-9/h9-11H,1,3-7H2,2H3. The molecule has 2 nitrogen and oxygen atoms in total. The van der Waals surface area contributed by atoms with Crippen molar-refractivity contribution in [3.8, 4) is 0 Å². The summed E-state index contributed by atoms with van der Waals surface area (Å²) < 4.78 is 5.44. The first-order valence-electron chi connectivity index (χ1n) is 5.53. The van der Waals surface area contributed by atoms with Crippen LogP contribution in [0.4, 0.5) is 0 Å². The lowest BCUT2D eigenvalue weighted by molar-refractivity contribution is -0.148. The average molecular weight is 194 g/mol. The Kier molecular flexibility index (Phi) is 2.62. The summed E-state index contributed by atoms with van der Waals surface area (Å²) in [6.07, 6.45) is 6.34. The Hall–Kier alpha value is -0.790. The van der Waals surface area contributed by atoms with Crippen molar-refractivity contribution in [1.29, 1.82) is 0 Å². The number of carbonyl (C=O) groups is 1. The number of fused-ring (bicyclic) bond motifs is 2. The largest absolute Gasteiger partial charge is 0.459 e. The maximum atomic E-state index is 11.4. The Morgan fingerprint density at radius 3 is 2.71 bits per heavy atom. The highest BCUT2D eigenvalue weighted by atomic mass is 16.5. The smallest absolute Gasteiger partial charge is 0.333 e. The minimum atomic E-state index is -0.208. The Morgan fingerprint density at radius 1 is 1.29 bits per heavy atom. The molecule has 0 radical (unpaired) electrons. The molecule has 3 unspecified atom stereocenters. The van der Waals surface area contributed by atoms with Crippen molar-refractivity contribution in [2.75, 3.05) is 0 Å². The van der Waals surface area contributed by atoms with Gasteiger partial charge in [0.1, 0.15) is 6.10 Å². The van der Waals surface area contributed by atoms with Crippen molar-refractivity contribution in [3.63, 3.8) is 0 Å². The van der Waals surface area contributed by atoms with Crippen molar-refractivity contribution >= 4 is 5.97 Å². The monoisotopic (exact) mass is 194 g/mol. The molecule has 0 N–H and O–H groups in total. The van der Waals surface area contributed by atoms with Crippen molar-refractivity contribution in [1.82, 2.24) is 0 Å². The zero-order valence-corrected chi connectivity index (χ0v) is 8.79. The molecule has 78 valence electrons. The second-order valence-electron chi connectivity index (χ2n) is 4.74. The van der Waals surface area contributed by atoms with Crippen molar-refractivity contribution in [3.05, 3.63) is 12.2 Å². The van der Waals surface area contributed by atoms with Crippen LogP contribution in [0.25, 0.3) is 0 Å². The van der Waals surface area contributed by atoms with E-state index in [4.69, 9.17) is 4.74 Å². The summed E-state index contributed by atoms with van der Waals surface area (Å²) in [7, 11) is 0. The molecule has 2 aliphatic rings. The van der Waals surface area contributed by atoms with Gasteiger partial charge in [-0.3, -0.25) is 0 Å². The number of ether oxygens (including phenoxy) is 1. The van der Waals surface area contributed by atoms with Crippen LogP contribution in [0.2, 0.25) is 0 Å². The fourth-order valence-electron chi connectivity index (χ4n) is 2.74. The Labute approximate surface area is 85.3 Å². The zero-order valence-electron chi connectivity index (χ0n) is 8.79. The van der Waals surface area contributed by atoms with Gasteiger partial charge in [-0.05, 0) is 44.4 Å². The van der Waals surface area contributed by atoms with Gasteiger partial charge in [0.25, 0.3) is 0 Å². The first-order valence-corrected chi connectivity index (χ1v) is 5.53. The van der Waals surface area contributed by atoms with Crippen LogP contribution >= 0.6 is 0 Å². The summed E-state index contributed by atoms with van der Waals surface area (Å²) in [6.45, 7) is 5.32. The lowest BCUT2D eigenvalue weighted by Crippen LogP contribution is -2.28. The molecule has 2 heteroatoms. The molecule has 3 atom stereocenters. The van der Waals surface area contributed by atoms with Gasteiger partial charge >= 0.3 is 5.97 Å². The van der Waals surface area contributed by atoms with E-state index in [2.05, 4.69) is 6.58 Å². The fourth-order valence-corrected chi connectivity index (χ4v) is 2.74. The third-order valence-corrected chi connectivity index (χ3v) is 3.57. The SMILES string of the molecule is C=C(C)C(=O)OC1CCC2CCC1C2. The molecule has 2 aliphatic carbocycles. The van der Waals surface area contributed by atoms with Gasteiger partial charge in [-0.1, -0.05) is 13.0 Å². The summed E-state index contributed by atoms with van der Waals surface area (Å²) in [6, 6.07) is 0. The van der Waals surface area contributed by atoms with E-state index in [0.717, 1.165) is 12.3 Å². The van der Waals surface area contributed by atoms with E-state index in [1.807, 2.05) is 0 Å². The van der Waals surface area contributed by atoms with Crippen LogP contribution < -0.4 is 0 Å².